The van der Waals surface area contributed by atoms with E-state index in [1.807, 2.05) is 0 Å². The summed E-state index contributed by atoms with van der Waals surface area (Å²) in [5.74, 6) is -68.3. The largest absolute Gasteiger partial charge is 0.460 e. The molecule has 0 saturated heterocycles. The number of nitrogens with zero attached hydrogens (tertiary/aromatic N) is 1. The summed E-state index contributed by atoms with van der Waals surface area (Å²) < 4.78 is 255. The van der Waals surface area contributed by atoms with Crippen LogP contribution >= 0.6 is 0 Å². The Labute approximate surface area is 221 Å². The Morgan fingerprint density at radius 1 is 0.548 bits per heavy atom. The highest BCUT2D eigenvalue weighted by molar-refractivity contribution is 5.94. The summed E-state index contributed by atoms with van der Waals surface area (Å²) in [6.45, 7) is 3.12. The molecule has 0 spiro atoms. The minimum Gasteiger partial charge on any atom is -0.339 e. The van der Waals surface area contributed by atoms with Crippen LogP contribution in [0.15, 0.2) is 30.1 Å². The summed E-state index contributed by atoms with van der Waals surface area (Å²) in [6.07, 6.45) is -7.92. The summed E-state index contributed by atoms with van der Waals surface area (Å²) in [5.41, 5.74) is -1.96. The van der Waals surface area contributed by atoms with Crippen molar-refractivity contribution in [2.75, 3.05) is 13.1 Å². The molecule has 0 heterocycles. The SMILES string of the molecule is CCN(CC)C(=O)c1ccc(C(F)=C(F)C(F)(F)C(F)(F)C(F)(F)C(F)(F)C(F)(F)C(F)(F)C(F)(F)C(F)(F)F)cc1. The number of carbonyl (C=O) groups excluding carboxylic acids is 1. The van der Waals surface area contributed by atoms with E-state index in [2.05, 4.69) is 0 Å². The zero-order valence-electron chi connectivity index (χ0n) is 20.3. The van der Waals surface area contributed by atoms with Crippen molar-refractivity contribution in [1.82, 2.24) is 4.90 Å². The topological polar surface area (TPSA) is 20.3 Å². The highest BCUT2D eigenvalue weighted by Crippen LogP contribution is 2.64. The molecular weight excluding hydrogens is 643 g/mol. The van der Waals surface area contributed by atoms with Crippen molar-refractivity contribution in [3.8, 4) is 0 Å². The van der Waals surface area contributed by atoms with Gasteiger partial charge in [-0.1, -0.05) is 12.1 Å². The Balaban J connectivity index is 3.68. The van der Waals surface area contributed by atoms with Crippen LogP contribution in [0.1, 0.15) is 29.8 Å². The van der Waals surface area contributed by atoms with Gasteiger partial charge in [0, 0.05) is 24.2 Å². The van der Waals surface area contributed by atoms with Gasteiger partial charge in [0.2, 0.25) is 5.83 Å². The molecule has 0 aliphatic rings. The zero-order valence-corrected chi connectivity index (χ0v) is 20.3. The van der Waals surface area contributed by atoms with Crippen LogP contribution in [-0.4, -0.2) is 71.5 Å². The van der Waals surface area contributed by atoms with Crippen LogP contribution in [0.5, 0.6) is 0 Å². The highest BCUT2D eigenvalue weighted by atomic mass is 19.4. The average Bonchev–Trinajstić information content (AvgIpc) is 2.87. The molecule has 0 fully saturated rings. The molecule has 0 radical (unpaired) electrons. The van der Waals surface area contributed by atoms with Gasteiger partial charge in [-0.25, -0.2) is 8.78 Å². The predicted molar refractivity (Wildman–Crippen MR) is 104 cm³/mol. The van der Waals surface area contributed by atoms with Crippen molar-refractivity contribution in [2.24, 2.45) is 0 Å². The number of carbonyl (C=O) groups is 1. The molecule has 0 saturated carbocycles. The molecule has 0 N–H and O–H groups in total. The van der Waals surface area contributed by atoms with Crippen molar-refractivity contribution in [3.63, 3.8) is 0 Å². The van der Waals surface area contributed by atoms with E-state index in [4.69, 9.17) is 0 Å². The first-order valence-electron chi connectivity index (χ1n) is 10.6. The van der Waals surface area contributed by atoms with Gasteiger partial charge in [0.05, 0.1) is 0 Å². The van der Waals surface area contributed by atoms with Gasteiger partial charge in [0.15, 0.2) is 5.83 Å². The number of hydrogen-bond acceptors (Lipinski definition) is 1. The Kier molecular flexibility index (Phi) is 9.71. The van der Waals surface area contributed by atoms with Crippen LogP contribution in [0.25, 0.3) is 5.83 Å². The Bertz CT molecular complexity index is 1160. The van der Waals surface area contributed by atoms with E-state index in [0.717, 1.165) is 4.90 Å². The van der Waals surface area contributed by atoms with Crippen LogP contribution in [0.3, 0.4) is 0 Å². The smallest absolute Gasteiger partial charge is 0.339 e. The van der Waals surface area contributed by atoms with Gasteiger partial charge in [-0.15, -0.1) is 0 Å². The molecule has 0 aromatic heterocycles. The van der Waals surface area contributed by atoms with Crippen LogP contribution in [0.2, 0.25) is 0 Å². The number of hydrogen-bond donors (Lipinski definition) is 0. The first-order chi connectivity index (χ1) is 18.5. The maximum atomic E-state index is 14.2. The fraction of sp³-hybridized carbons (Fsp3) is 0.571. The Morgan fingerprint density at radius 3 is 1.19 bits per heavy atom. The third kappa shape index (κ3) is 5.24. The lowest BCUT2D eigenvalue weighted by molar-refractivity contribution is -0.460. The van der Waals surface area contributed by atoms with Crippen molar-refractivity contribution in [3.05, 3.63) is 41.2 Å². The van der Waals surface area contributed by atoms with Crippen molar-refractivity contribution >= 4 is 11.7 Å². The van der Waals surface area contributed by atoms with Crippen LogP contribution in [-0.2, 0) is 0 Å². The number of rotatable bonds is 11. The van der Waals surface area contributed by atoms with Crippen molar-refractivity contribution in [2.45, 2.75) is 61.5 Å². The second kappa shape index (κ2) is 11.0. The first-order valence-corrected chi connectivity index (χ1v) is 10.6. The maximum absolute atomic E-state index is 14.2. The second-order valence-corrected chi connectivity index (χ2v) is 8.20. The van der Waals surface area contributed by atoms with E-state index in [0.29, 0.717) is 12.1 Å². The van der Waals surface area contributed by atoms with Crippen molar-refractivity contribution < 1.29 is 88.2 Å². The van der Waals surface area contributed by atoms with E-state index in [1.165, 1.54) is 13.8 Å². The molecule has 1 aromatic rings. The second-order valence-electron chi connectivity index (χ2n) is 8.20. The molecule has 1 amide bonds. The van der Waals surface area contributed by atoms with Gasteiger partial charge in [-0.05, 0) is 26.0 Å². The normalized spacial score (nSPS) is 15.5. The summed E-state index contributed by atoms with van der Waals surface area (Å²) in [4.78, 5) is 13.2. The standard InChI is InChI=1S/C21H14F19NO/c1-3-41(4-2)13(42)10-7-5-9(6-8-10)11(22)12(23)14(24,25)15(26,27)16(28,29)17(30,31)18(32,33)19(34,35)20(36,37)21(38,39)40/h5-8H,3-4H2,1-2H3. The Hall–Kier alpha value is -2.90. The van der Waals surface area contributed by atoms with E-state index in [9.17, 15) is 88.2 Å². The fourth-order valence-electron chi connectivity index (χ4n) is 3.02. The fourth-order valence-corrected chi connectivity index (χ4v) is 3.02. The quantitative estimate of drug-likeness (QED) is 0.218. The van der Waals surface area contributed by atoms with Crippen molar-refractivity contribution in [1.29, 1.82) is 0 Å². The van der Waals surface area contributed by atoms with Crippen LogP contribution < -0.4 is 0 Å². The van der Waals surface area contributed by atoms with E-state index >= 15 is 0 Å². The summed E-state index contributed by atoms with van der Waals surface area (Å²) in [7, 11) is 0. The number of benzene rings is 1. The molecule has 21 heteroatoms. The van der Waals surface area contributed by atoms with Gasteiger partial charge in [0.1, 0.15) is 0 Å². The molecule has 1 aromatic carbocycles. The molecule has 0 atom stereocenters. The molecule has 42 heavy (non-hydrogen) atoms. The number of amides is 1. The molecule has 0 bridgehead atoms. The molecule has 0 unspecified atom stereocenters. The number of allylic oxidation sites excluding steroid dienone is 1. The molecule has 242 valence electrons. The van der Waals surface area contributed by atoms with E-state index < -0.39 is 70.8 Å². The summed E-state index contributed by atoms with van der Waals surface area (Å²) in [5, 5.41) is 0. The third-order valence-corrected chi connectivity index (χ3v) is 5.63. The van der Waals surface area contributed by atoms with Gasteiger partial charge in [-0.2, -0.15) is 74.6 Å². The van der Waals surface area contributed by atoms with E-state index in [-0.39, 0.29) is 30.8 Å². The van der Waals surface area contributed by atoms with Gasteiger partial charge >= 0.3 is 47.6 Å². The molecule has 2 nitrogen and oxygen atoms in total. The molecule has 0 aliphatic carbocycles. The molecule has 0 aliphatic heterocycles. The average molecular weight is 657 g/mol. The van der Waals surface area contributed by atoms with Gasteiger partial charge in [0.25, 0.3) is 5.91 Å². The molecule has 1 rings (SSSR count). The summed E-state index contributed by atoms with van der Waals surface area (Å²) in [6, 6.07) is 1.48. The number of alkyl halides is 17. The lowest BCUT2D eigenvalue weighted by Crippen LogP contribution is -2.74. The number of halogens is 19. The lowest BCUT2D eigenvalue weighted by atomic mass is 9.88. The zero-order chi connectivity index (χ0) is 33.7. The van der Waals surface area contributed by atoms with Crippen LogP contribution in [0.4, 0.5) is 83.4 Å². The van der Waals surface area contributed by atoms with Gasteiger partial charge in [-0.3, -0.25) is 4.79 Å². The first kappa shape index (κ1) is 37.1. The minimum absolute atomic E-state index is 0.0823. The minimum atomic E-state index is -8.92. The highest BCUT2D eigenvalue weighted by Gasteiger charge is 2.95. The molecular formula is C21H14F19NO. The van der Waals surface area contributed by atoms with Gasteiger partial charge < -0.3 is 4.90 Å². The maximum Gasteiger partial charge on any atom is 0.460 e. The predicted octanol–water partition coefficient (Wildman–Crippen LogP) is 8.79. The van der Waals surface area contributed by atoms with E-state index in [1.54, 1.807) is 0 Å². The third-order valence-electron chi connectivity index (χ3n) is 5.63. The van der Waals surface area contributed by atoms with Crippen LogP contribution in [0, 0.1) is 0 Å². The summed E-state index contributed by atoms with van der Waals surface area (Å²) >= 11 is 0. The Morgan fingerprint density at radius 2 is 0.857 bits per heavy atom. The lowest BCUT2D eigenvalue weighted by Gasteiger charge is -2.42. The monoisotopic (exact) mass is 657 g/mol.